The molecule has 2 heterocycles. The average Bonchev–Trinajstić information content (AvgIpc) is 2.82. The lowest BCUT2D eigenvalue weighted by molar-refractivity contribution is -0.137. The lowest BCUT2D eigenvalue weighted by Crippen LogP contribution is -2.22. The molecule has 1 aliphatic rings. The Bertz CT molecular complexity index is 957. The number of nitrogens with zero attached hydrogens (tertiary/aromatic N) is 3. The molecule has 1 unspecified atom stereocenters. The van der Waals surface area contributed by atoms with Gasteiger partial charge in [0.15, 0.2) is 0 Å². The van der Waals surface area contributed by atoms with Crippen LogP contribution >= 0.6 is 0 Å². The molecule has 1 aliphatic heterocycles. The molecule has 1 fully saturated rings. The monoisotopic (exact) mass is 478 g/mol. The molecular weight excluding hydrogens is 449 g/mol. The van der Waals surface area contributed by atoms with E-state index in [9.17, 15) is 18.0 Å². The van der Waals surface area contributed by atoms with Gasteiger partial charge in [0.2, 0.25) is 5.91 Å². The van der Waals surface area contributed by atoms with Crippen LogP contribution in [0.15, 0.2) is 41.8 Å². The quantitative estimate of drug-likeness (QED) is 0.397. The number of carbonyl (C=O) groups excluding carboxylic acids is 1. The van der Waals surface area contributed by atoms with Crippen molar-refractivity contribution in [1.29, 1.82) is 0 Å². The van der Waals surface area contributed by atoms with Crippen molar-refractivity contribution in [3.63, 3.8) is 0 Å². The second kappa shape index (κ2) is 11.9. The highest BCUT2D eigenvalue weighted by atomic mass is 19.4. The van der Waals surface area contributed by atoms with Gasteiger partial charge < -0.3 is 15.3 Å². The number of alkyl halides is 3. The zero-order valence-corrected chi connectivity index (χ0v) is 19.1. The highest BCUT2D eigenvalue weighted by Crippen LogP contribution is 2.30. The van der Waals surface area contributed by atoms with Crippen molar-refractivity contribution in [3.05, 3.63) is 59.2 Å². The van der Waals surface area contributed by atoms with Crippen molar-refractivity contribution >= 4 is 11.6 Å². The maximum absolute atomic E-state index is 12.7. The Labute approximate surface area is 196 Å². The number of halogens is 3. The van der Waals surface area contributed by atoms with E-state index in [4.69, 9.17) is 15.3 Å². The highest BCUT2D eigenvalue weighted by Gasteiger charge is 2.30. The maximum Gasteiger partial charge on any atom is 0.416 e. The summed E-state index contributed by atoms with van der Waals surface area (Å²) in [5, 5.41) is 4.12. The van der Waals surface area contributed by atoms with Crippen LogP contribution < -0.4 is 5.73 Å². The number of carbonyl (C=O) groups is 1. The Kier molecular flexibility index (Phi) is 8.98. The summed E-state index contributed by atoms with van der Waals surface area (Å²) >= 11 is 0. The third kappa shape index (κ3) is 7.51. The van der Waals surface area contributed by atoms with Crippen LogP contribution in [0.1, 0.15) is 67.5 Å². The predicted octanol–water partition coefficient (Wildman–Crippen LogP) is 4.60. The van der Waals surface area contributed by atoms with E-state index < -0.39 is 17.6 Å². The van der Waals surface area contributed by atoms with Gasteiger partial charge in [-0.05, 0) is 49.3 Å². The molecule has 2 aromatic rings. The zero-order chi connectivity index (χ0) is 24.6. The molecular formula is C24H29F3N4O3. The minimum absolute atomic E-state index is 0.0341. The molecule has 2 N–H and O–H groups in total. The topological polar surface area (TPSA) is 99.7 Å². The van der Waals surface area contributed by atoms with E-state index in [1.54, 1.807) is 12.4 Å². The summed E-state index contributed by atoms with van der Waals surface area (Å²) < 4.78 is 43.4. The predicted molar refractivity (Wildman–Crippen MR) is 120 cm³/mol. The molecule has 0 saturated carbocycles. The number of hydrogen-bond acceptors (Lipinski definition) is 6. The normalized spacial score (nSPS) is 16.3. The van der Waals surface area contributed by atoms with Gasteiger partial charge in [-0.1, -0.05) is 24.2 Å². The second-order valence-electron chi connectivity index (χ2n) is 8.35. The summed E-state index contributed by atoms with van der Waals surface area (Å²) in [6.07, 6.45) is 2.29. The number of nitrogens with two attached hydrogens (primary N) is 1. The summed E-state index contributed by atoms with van der Waals surface area (Å²) in [5.41, 5.74) is 6.59. The van der Waals surface area contributed by atoms with Crippen LogP contribution in [0.3, 0.4) is 0 Å². The number of amides is 1. The lowest BCUT2D eigenvalue weighted by Gasteiger charge is -2.25. The van der Waals surface area contributed by atoms with Crippen LogP contribution in [0.5, 0.6) is 0 Å². The fourth-order valence-electron chi connectivity index (χ4n) is 3.90. The molecule has 0 radical (unpaired) electrons. The Balaban J connectivity index is 1.64. The first-order chi connectivity index (χ1) is 16.3. The Hall–Kier alpha value is -3.01. The van der Waals surface area contributed by atoms with Crippen LogP contribution in [-0.2, 0) is 27.2 Å². The number of hydrogen-bond donors (Lipinski definition) is 1. The van der Waals surface area contributed by atoms with Crippen molar-refractivity contribution in [1.82, 2.24) is 9.97 Å². The van der Waals surface area contributed by atoms with Gasteiger partial charge in [0, 0.05) is 43.5 Å². The SMILES string of the molecule is CCC(=NOCc1ccc(C(F)(F)F)cc1)c1cnc(C(CC(N)=O)CC2CCOCC2)nc1. The van der Waals surface area contributed by atoms with Crippen LogP contribution in [0.2, 0.25) is 0 Å². The van der Waals surface area contributed by atoms with E-state index >= 15 is 0 Å². The molecule has 10 heteroatoms. The molecule has 7 nitrogen and oxygen atoms in total. The van der Waals surface area contributed by atoms with Gasteiger partial charge in [0.25, 0.3) is 0 Å². The fourth-order valence-corrected chi connectivity index (χ4v) is 3.90. The van der Waals surface area contributed by atoms with Gasteiger partial charge in [0.1, 0.15) is 12.4 Å². The summed E-state index contributed by atoms with van der Waals surface area (Å²) in [6.45, 7) is 3.37. The van der Waals surface area contributed by atoms with Crippen LogP contribution in [0.25, 0.3) is 0 Å². The van der Waals surface area contributed by atoms with Crippen LogP contribution in [-0.4, -0.2) is 34.8 Å². The molecule has 34 heavy (non-hydrogen) atoms. The minimum atomic E-state index is -4.37. The maximum atomic E-state index is 12.7. The number of ether oxygens (including phenoxy) is 1. The highest BCUT2D eigenvalue weighted by molar-refractivity contribution is 5.99. The van der Waals surface area contributed by atoms with Crippen molar-refractivity contribution in [2.75, 3.05) is 13.2 Å². The molecule has 1 saturated heterocycles. The first kappa shape index (κ1) is 25.6. The molecule has 0 aliphatic carbocycles. The van der Waals surface area contributed by atoms with Gasteiger partial charge in [-0.15, -0.1) is 0 Å². The molecule has 1 aromatic carbocycles. The van der Waals surface area contributed by atoms with Crippen molar-refractivity contribution < 1.29 is 27.5 Å². The summed E-state index contributed by atoms with van der Waals surface area (Å²) in [4.78, 5) is 25.9. The third-order valence-corrected chi connectivity index (χ3v) is 5.80. The second-order valence-corrected chi connectivity index (χ2v) is 8.35. The summed E-state index contributed by atoms with van der Waals surface area (Å²) in [5.74, 6) is 0.452. The Morgan fingerprint density at radius 1 is 1.21 bits per heavy atom. The molecule has 0 bridgehead atoms. The Morgan fingerprint density at radius 3 is 2.41 bits per heavy atom. The van der Waals surface area contributed by atoms with Gasteiger partial charge in [-0.3, -0.25) is 4.79 Å². The van der Waals surface area contributed by atoms with Gasteiger partial charge in [-0.2, -0.15) is 13.2 Å². The lowest BCUT2D eigenvalue weighted by atomic mass is 9.86. The van der Waals surface area contributed by atoms with Gasteiger partial charge in [0.05, 0.1) is 11.3 Å². The number of benzene rings is 1. The third-order valence-electron chi connectivity index (χ3n) is 5.80. The molecule has 0 spiro atoms. The first-order valence-electron chi connectivity index (χ1n) is 11.3. The van der Waals surface area contributed by atoms with E-state index in [0.717, 1.165) is 44.6 Å². The summed E-state index contributed by atoms with van der Waals surface area (Å²) in [6, 6.07) is 4.75. The zero-order valence-electron chi connectivity index (χ0n) is 19.1. The smallest absolute Gasteiger partial charge is 0.391 e. The average molecular weight is 479 g/mol. The van der Waals surface area contributed by atoms with E-state index in [-0.39, 0.29) is 18.9 Å². The number of oxime groups is 1. The fraction of sp³-hybridized carbons (Fsp3) is 0.500. The van der Waals surface area contributed by atoms with E-state index in [2.05, 4.69) is 15.1 Å². The van der Waals surface area contributed by atoms with Gasteiger partial charge >= 0.3 is 6.18 Å². The van der Waals surface area contributed by atoms with Crippen molar-refractivity contribution in [2.45, 2.75) is 57.7 Å². The van der Waals surface area contributed by atoms with E-state index in [1.165, 1.54) is 12.1 Å². The molecule has 1 amide bonds. The van der Waals surface area contributed by atoms with Crippen molar-refractivity contribution in [2.24, 2.45) is 16.8 Å². The first-order valence-corrected chi connectivity index (χ1v) is 11.3. The van der Waals surface area contributed by atoms with E-state index in [1.807, 2.05) is 6.92 Å². The number of rotatable bonds is 10. The number of primary amides is 1. The summed E-state index contributed by atoms with van der Waals surface area (Å²) in [7, 11) is 0. The molecule has 1 atom stereocenters. The van der Waals surface area contributed by atoms with Gasteiger partial charge in [-0.25, -0.2) is 9.97 Å². The van der Waals surface area contributed by atoms with Crippen LogP contribution in [0, 0.1) is 5.92 Å². The molecule has 1 aromatic heterocycles. The Morgan fingerprint density at radius 2 is 1.85 bits per heavy atom. The largest absolute Gasteiger partial charge is 0.416 e. The van der Waals surface area contributed by atoms with Crippen LogP contribution in [0.4, 0.5) is 13.2 Å². The number of aromatic nitrogens is 2. The van der Waals surface area contributed by atoms with Crippen molar-refractivity contribution in [3.8, 4) is 0 Å². The standard InChI is InChI=1S/C24H29F3N4O3/c1-2-21(31-34-15-17-3-5-20(6-4-17)24(25,26)27)19-13-29-23(30-14-19)18(12-22(28)32)11-16-7-9-33-10-8-16/h3-6,13-14,16,18H,2,7-12,15H2,1H3,(H2,28,32). The molecule has 3 rings (SSSR count). The molecule has 184 valence electrons. The van der Waals surface area contributed by atoms with E-state index in [0.29, 0.717) is 35.0 Å². The minimum Gasteiger partial charge on any atom is -0.391 e.